The van der Waals surface area contributed by atoms with Crippen molar-refractivity contribution < 1.29 is 0 Å². The lowest BCUT2D eigenvalue weighted by molar-refractivity contribution is 1.09. The van der Waals surface area contributed by atoms with Crippen molar-refractivity contribution in [2.75, 3.05) is 0 Å². The summed E-state index contributed by atoms with van der Waals surface area (Å²) in [5.41, 5.74) is 17.1. The summed E-state index contributed by atoms with van der Waals surface area (Å²) in [7, 11) is 0. The van der Waals surface area contributed by atoms with E-state index in [4.69, 9.17) is 0 Å². The van der Waals surface area contributed by atoms with Crippen LogP contribution >= 0.6 is 11.8 Å². The molecule has 1 aliphatic rings. The minimum Gasteiger partial charge on any atom is -0.309 e. The van der Waals surface area contributed by atoms with Gasteiger partial charge in [0.2, 0.25) is 0 Å². The van der Waals surface area contributed by atoms with Gasteiger partial charge in [0.25, 0.3) is 0 Å². The average Bonchev–Trinajstić information content (AvgIpc) is 3.81. The molecule has 12 rings (SSSR count). The fraction of sp³-hybridized carbons (Fsp3) is 0. The van der Waals surface area contributed by atoms with E-state index in [2.05, 4.69) is 215 Å². The van der Waals surface area contributed by atoms with Gasteiger partial charge in [0.1, 0.15) is 0 Å². The molecule has 0 unspecified atom stereocenters. The van der Waals surface area contributed by atoms with Gasteiger partial charge in [0.15, 0.2) is 0 Å². The van der Waals surface area contributed by atoms with E-state index in [1.54, 1.807) is 0 Å². The molecule has 3 heteroatoms. The van der Waals surface area contributed by atoms with Crippen LogP contribution in [-0.4, -0.2) is 9.13 Å². The molecule has 0 atom stereocenters. The van der Waals surface area contributed by atoms with E-state index >= 15 is 0 Å². The maximum absolute atomic E-state index is 2.49. The summed E-state index contributed by atoms with van der Waals surface area (Å²) in [5.74, 6) is 0. The zero-order chi connectivity index (χ0) is 37.5. The Morgan fingerprint density at radius 3 is 1.47 bits per heavy atom. The summed E-state index contributed by atoms with van der Waals surface area (Å²) >= 11 is 1.88. The summed E-state index contributed by atoms with van der Waals surface area (Å²) in [6.45, 7) is 0. The van der Waals surface area contributed by atoms with Gasteiger partial charge in [0, 0.05) is 37.0 Å². The second-order valence-electron chi connectivity index (χ2n) is 14.9. The number of benzene rings is 9. The molecule has 0 fully saturated rings. The van der Waals surface area contributed by atoms with Crippen LogP contribution in [0.25, 0.3) is 99.5 Å². The third kappa shape index (κ3) is 5.06. The van der Waals surface area contributed by atoms with Gasteiger partial charge < -0.3 is 9.13 Å². The molecule has 266 valence electrons. The van der Waals surface area contributed by atoms with Crippen LogP contribution in [0.3, 0.4) is 0 Å². The minimum absolute atomic E-state index is 1.15. The highest BCUT2D eigenvalue weighted by atomic mass is 32.2. The lowest BCUT2D eigenvalue weighted by Gasteiger charge is -2.20. The Morgan fingerprint density at radius 2 is 0.807 bits per heavy atom. The molecule has 0 spiro atoms. The van der Waals surface area contributed by atoms with Crippen LogP contribution in [0.2, 0.25) is 0 Å². The van der Waals surface area contributed by atoms with E-state index in [9.17, 15) is 0 Å². The molecular weight excluding hydrogens is 709 g/mol. The Hall–Kier alpha value is -7.07. The fourth-order valence-corrected chi connectivity index (χ4v) is 10.2. The minimum atomic E-state index is 1.15. The fourth-order valence-electron chi connectivity index (χ4n) is 9.10. The largest absolute Gasteiger partial charge is 0.309 e. The number of para-hydroxylation sites is 3. The Labute approximate surface area is 334 Å². The van der Waals surface area contributed by atoms with E-state index in [1.807, 2.05) is 11.8 Å². The average molecular weight is 743 g/mol. The molecular formula is C54H34N2S. The highest BCUT2D eigenvalue weighted by Crippen LogP contribution is 2.51. The molecule has 0 radical (unpaired) electrons. The maximum atomic E-state index is 2.49. The lowest BCUT2D eigenvalue weighted by Crippen LogP contribution is -2.01. The van der Waals surface area contributed by atoms with Crippen molar-refractivity contribution >= 4 is 55.4 Å². The van der Waals surface area contributed by atoms with Gasteiger partial charge in [-0.3, -0.25) is 0 Å². The molecule has 57 heavy (non-hydrogen) atoms. The predicted molar refractivity (Wildman–Crippen MR) is 241 cm³/mol. The van der Waals surface area contributed by atoms with Crippen molar-refractivity contribution in [3.05, 3.63) is 206 Å². The molecule has 0 saturated carbocycles. The molecule has 1 aliphatic heterocycles. The van der Waals surface area contributed by atoms with E-state index in [-0.39, 0.29) is 0 Å². The van der Waals surface area contributed by atoms with E-state index in [0.29, 0.717) is 0 Å². The molecule has 2 aromatic heterocycles. The summed E-state index contributed by atoms with van der Waals surface area (Å²) in [6.07, 6.45) is 0. The molecule has 3 heterocycles. The van der Waals surface area contributed by atoms with E-state index in [0.717, 1.165) is 5.69 Å². The monoisotopic (exact) mass is 742 g/mol. The van der Waals surface area contributed by atoms with E-state index < -0.39 is 0 Å². The number of hydrogen-bond donors (Lipinski definition) is 0. The summed E-state index contributed by atoms with van der Waals surface area (Å²) in [4.78, 5) is 2.57. The first kappa shape index (κ1) is 32.2. The quantitative estimate of drug-likeness (QED) is 0.171. The molecule has 11 aromatic rings. The molecule has 0 N–H and O–H groups in total. The normalized spacial score (nSPS) is 12.1. The third-order valence-electron chi connectivity index (χ3n) is 11.7. The van der Waals surface area contributed by atoms with Crippen molar-refractivity contribution in [2.45, 2.75) is 9.79 Å². The van der Waals surface area contributed by atoms with Crippen molar-refractivity contribution in [1.82, 2.24) is 9.13 Å². The lowest BCUT2D eigenvalue weighted by atomic mass is 9.92. The second-order valence-corrected chi connectivity index (χ2v) is 16.0. The first-order chi connectivity index (χ1) is 28.3. The summed E-state index contributed by atoms with van der Waals surface area (Å²) in [5, 5.41) is 5.20. The number of rotatable bonds is 5. The number of fused-ring (bicyclic) bond motifs is 9. The van der Waals surface area contributed by atoms with Crippen LogP contribution < -0.4 is 0 Å². The Bertz CT molecular complexity index is 3300. The highest BCUT2D eigenvalue weighted by Gasteiger charge is 2.27. The van der Waals surface area contributed by atoms with Gasteiger partial charge in [-0.15, -0.1) is 0 Å². The number of nitrogens with zero attached hydrogens (tertiary/aromatic N) is 2. The Morgan fingerprint density at radius 1 is 0.298 bits per heavy atom. The molecule has 0 aliphatic carbocycles. The first-order valence-electron chi connectivity index (χ1n) is 19.5. The Balaban J connectivity index is 1.00. The maximum Gasteiger partial charge on any atom is 0.0688 e. The molecule has 0 amide bonds. The van der Waals surface area contributed by atoms with Crippen LogP contribution in [0.4, 0.5) is 0 Å². The van der Waals surface area contributed by atoms with Gasteiger partial charge in [0.05, 0.1) is 27.8 Å². The second kappa shape index (κ2) is 12.7. The highest BCUT2D eigenvalue weighted by molar-refractivity contribution is 7.99. The zero-order valence-electron chi connectivity index (χ0n) is 30.9. The SMILES string of the molecule is c1ccc(-c2cc(-c3ccccc3)cc(-c3ccc(-c4cccc(-n5c6ccccc6c6c7c8ccccc8n8c7c(cc65)Sc5ccccc5-8)c4)cc3)c2)cc1. The summed E-state index contributed by atoms with van der Waals surface area (Å²) in [6, 6.07) is 75.5. The van der Waals surface area contributed by atoms with Crippen molar-refractivity contribution in [3.63, 3.8) is 0 Å². The van der Waals surface area contributed by atoms with E-state index in [1.165, 1.54) is 104 Å². The Kier molecular flexibility index (Phi) is 7.20. The van der Waals surface area contributed by atoms with Crippen LogP contribution in [0.15, 0.2) is 216 Å². The van der Waals surface area contributed by atoms with Crippen LogP contribution in [0.1, 0.15) is 0 Å². The van der Waals surface area contributed by atoms with Gasteiger partial charge in [-0.25, -0.2) is 0 Å². The standard InChI is InChI=1S/C54H34N2S/c1-3-14-35(15-4-1)40-30-41(36-16-5-2-6-17-36)32-42(31-40)38-28-26-37(27-29-38)39-18-13-19-43(33-39)55-46-22-9-7-20-44(46)52-49(55)34-51-54-53(52)45-21-8-10-23-47(45)56(54)48-24-11-12-25-50(48)57-51/h1-34H. The number of hydrogen-bond acceptors (Lipinski definition) is 1. The predicted octanol–water partition coefficient (Wildman–Crippen LogP) is 15.0. The van der Waals surface area contributed by atoms with Crippen molar-refractivity contribution in [2.24, 2.45) is 0 Å². The molecule has 0 bridgehead atoms. The number of aromatic nitrogens is 2. The van der Waals surface area contributed by atoms with Gasteiger partial charge in [-0.05, 0) is 105 Å². The molecule has 2 nitrogen and oxygen atoms in total. The third-order valence-corrected chi connectivity index (χ3v) is 12.8. The van der Waals surface area contributed by atoms with Crippen LogP contribution in [0.5, 0.6) is 0 Å². The first-order valence-corrected chi connectivity index (χ1v) is 20.3. The van der Waals surface area contributed by atoms with Gasteiger partial charge >= 0.3 is 0 Å². The topological polar surface area (TPSA) is 9.86 Å². The van der Waals surface area contributed by atoms with Crippen LogP contribution in [0, 0.1) is 0 Å². The van der Waals surface area contributed by atoms with Crippen molar-refractivity contribution in [3.8, 4) is 55.9 Å². The smallest absolute Gasteiger partial charge is 0.0688 e. The molecule has 0 saturated heterocycles. The summed E-state index contributed by atoms with van der Waals surface area (Å²) < 4.78 is 4.97. The van der Waals surface area contributed by atoms with Gasteiger partial charge in [-0.1, -0.05) is 157 Å². The van der Waals surface area contributed by atoms with Crippen LogP contribution in [-0.2, 0) is 0 Å². The molecule has 9 aromatic carbocycles. The zero-order valence-corrected chi connectivity index (χ0v) is 31.7. The van der Waals surface area contributed by atoms with Gasteiger partial charge in [-0.2, -0.15) is 0 Å². The van der Waals surface area contributed by atoms with Crippen molar-refractivity contribution in [1.29, 1.82) is 0 Å².